The Labute approximate surface area is 150 Å². The topological polar surface area (TPSA) is 46.3 Å². The van der Waals surface area contributed by atoms with Crippen LogP contribution in [0.4, 0.5) is 0 Å². The van der Waals surface area contributed by atoms with Gasteiger partial charge in [0.05, 0.1) is 12.2 Å². The number of carbonyl (C=O) groups excluding carboxylic acids is 1. The SMILES string of the molecule is CCN(CC)CC[C@H]1CN(C(=O)c2cccn2C)Cc2ccnn2C1. The Bertz CT molecular complexity index is 700. The molecule has 6 nitrogen and oxygen atoms in total. The van der Waals surface area contributed by atoms with Crippen molar-refractivity contribution in [2.24, 2.45) is 13.0 Å². The number of hydrogen-bond acceptors (Lipinski definition) is 3. The van der Waals surface area contributed by atoms with Crippen LogP contribution in [0.5, 0.6) is 0 Å². The lowest BCUT2D eigenvalue weighted by Gasteiger charge is -2.26. The van der Waals surface area contributed by atoms with Crippen LogP contribution in [-0.2, 0) is 20.1 Å². The maximum atomic E-state index is 13.0. The summed E-state index contributed by atoms with van der Waals surface area (Å²) >= 11 is 0. The van der Waals surface area contributed by atoms with E-state index in [0.717, 1.165) is 50.5 Å². The minimum atomic E-state index is 0.106. The number of hydrogen-bond donors (Lipinski definition) is 0. The van der Waals surface area contributed by atoms with Crippen molar-refractivity contribution in [3.63, 3.8) is 0 Å². The Morgan fingerprint density at radius 1 is 1.28 bits per heavy atom. The van der Waals surface area contributed by atoms with E-state index >= 15 is 0 Å². The second kappa shape index (κ2) is 7.87. The van der Waals surface area contributed by atoms with Crippen LogP contribution in [-0.4, -0.2) is 56.2 Å². The Morgan fingerprint density at radius 2 is 2.08 bits per heavy atom. The average molecular weight is 343 g/mol. The summed E-state index contributed by atoms with van der Waals surface area (Å²) in [6, 6.07) is 5.85. The van der Waals surface area contributed by atoms with Gasteiger partial charge in [-0.1, -0.05) is 13.8 Å². The molecule has 0 aromatic carbocycles. The quantitative estimate of drug-likeness (QED) is 0.808. The van der Waals surface area contributed by atoms with Gasteiger partial charge in [0.2, 0.25) is 0 Å². The fraction of sp³-hybridized carbons (Fsp3) is 0.579. The van der Waals surface area contributed by atoms with E-state index in [2.05, 4.69) is 28.5 Å². The van der Waals surface area contributed by atoms with Gasteiger partial charge in [0.1, 0.15) is 5.69 Å². The van der Waals surface area contributed by atoms with Gasteiger partial charge in [-0.3, -0.25) is 9.48 Å². The first-order valence-electron chi connectivity index (χ1n) is 9.26. The molecule has 0 bridgehead atoms. The summed E-state index contributed by atoms with van der Waals surface area (Å²) in [6.45, 7) is 9.92. The number of carbonyl (C=O) groups is 1. The predicted octanol–water partition coefficient (Wildman–Crippen LogP) is 2.23. The zero-order valence-corrected chi connectivity index (χ0v) is 15.6. The highest BCUT2D eigenvalue weighted by Gasteiger charge is 2.27. The molecule has 0 spiro atoms. The van der Waals surface area contributed by atoms with Gasteiger partial charge in [-0.25, -0.2) is 0 Å². The maximum absolute atomic E-state index is 13.0. The van der Waals surface area contributed by atoms with E-state index in [4.69, 9.17) is 0 Å². The lowest BCUT2D eigenvalue weighted by molar-refractivity contribution is 0.0705. The molecule has 0 saturated carbocycles. The summed E-state index contributed by atoms with van der Waals surface area (Å²) in [7, 11) is 1.92. The standard InChI is InChI=1S/C19H29N5O/c1-4-22(5-2)12-9-16-13-23(15-17-8-10-20-24(17)14-16)19(25)18-7-6-11-21(18)3/h6-8,10-11,16H,4-5,9,12-15H2,1-3H3/t16-/m0/s1. The van der Waals surface area contributed by atoms with Crippen molar-refractivity contribution in [2.75, 3.05) is 26.2 Å². The molecule has 0 fully saturated rings. The number of rotatable bonds is 6. The molecule has 2 aromatic heterocycles. The summed E-state index contributed by atoms with van der Waals surface area (Å²) in [5.74, 6) is 0.529. The number of aromatic nitrogens is 3. The van der Waals surface area contributed by atoms with Crippen molar-refractivity contribution in [1.82, 2.24) is 24.1 Å². The van der Waals surface area contributed by atoms with Gasteiger partial charge in [0.25, 0.3) is 5.91 Å². The fourth-order valence-corrected chi connectivity index (χ4v) is 3.62. The van der Waals surface area contributed by atoms with Crippen LogP contribution in [0.25, 0.3) is 0 Å². The van der Waals surface area contributed by atoms with E-state index in [0.29, 0.717) is 12.5 Å². The fourth-order valence-electron chi connectivity index (χ4n) is 3.62. The van der Waals surface area contributed by atoms with Gasteiger partial charge in [-0.05, 0) is 50.2 Å². The smallest absolute Gasteiger partial charge is 0.270 e. The summed E-state index contributed by atoms with van der Waals surface area (Å²) in [5.41, 5.74) is 1.86. The second-order valence-electron chi connectivity index (χ2n) is 6.88. The number of nitrogens with zero attached hydrogens (tertiary/aromatic N) is 5. The Morgan fingerprint density at radius 3 is 2.76 bits per heavy atom. The Hall–Kier alpha value is -2.08. The molecule has 1 atom stereocenters. The molecule has 1 amide bonds. The van der Waals surface area contributed by atoms with Crippen LogP contribution >= 0.6 is 0 Å². The van der Waals surface area contributed by atoms with Crippen molar-refractivity contribution in [3.8, 4) is 0 Å². The van der Waals surface area contributed by atoms with Gasteiger partial charge in [-0.15, -0.1) is 0 Å². The van der Waals surface area contributed by atoms with E-state index in [-0.39, 0.29) is 5.91 Å². The minimum absolute atomic E-state index is 0.106. The highest BCUT2D eigenvalue weighted by molar-refractivity contribution is 5.92. The molecule has 0 N–H and O–H groups in total. The van der Waals surface area contributed by atoms with E-state index in [9.17, 15) is 4.79 Å². The van der Waals surface area contributed by atoms with Crippen molar-refractivity contribution >= 4 is 5.91 Å². The Kier molecular flexibility index (Phi) is 5.58. The first kappa shape index (κ1) is 17.7. The van der Waals surface area contributed by atoms with E-state index in [1.54, 1.807) is 0 Å². The number of fused-ring (bicyclic) bond motifs is 1. The molecular weight excluding hydrogens is 314 g/mol. The van der Waals surface area contributed by atoms with Crippen LogP contribution in [0.15, 0.2) is 30.6 Å². The molecule has 0 unspecified atom stereocenters. The van der Waals surface area contributed by atoms with Crippen LogP contribution in [0.3, 0.4) is 0 Å². The monoisotopic (exact) mass is 343 g/mol. The first-order valence-corrected chi connectivity index (χ1v) is 9.26. The van der Waals surface area contributed by atoms with E-state index in [1.165, 1.54) is 0 Å². The van der Waals surface area contributed by atoms with E-state index < -0.39 is 0 Å². The van der Waals surface area contributed by atoms with E-state index in [1.807, 2.05) is 47.1 Å². The van der Waals surface area contributed by atoms with Gasteiger partial charge < -0.3 is 14.4 Å². The summed E-state index contributed by atoms with van der Waals surface area (Å²) in [6.07, 6.45) is 4.85. The minimum Gasteiger partial charge on any atom is -0.347 e. The molecule has 1 aliphatic rings. The number of amides is 1. The molecule has 6 heteroatoms. The maximum Gasteiger partial charge on any atom is 0.270 e. The summed E-state index contributed by atoms with van der Waals surface area (Å²) < 4.78 is 3.97. The molecule has 136 valence electrons. The molecule has 3 heterocycles. The summed E-state index contributed by atoms with van der Waals surface area (Å²) in [4.78, 5) is 17.5. The zero-order valence-electron chi connectivity index (χ0n) is 15.6. The highest BCUT2D eigenvalue weighted by Crippen LogP contribution is 2.20. The third-order valence-corrected chi connectivity index (χ3v) is 5.27. The summed E-state index contributed by atoms with van der Waals surface area (Å²) in [5, 5.41) is 4.47. The molecule has 0 radical (unpaired) electrons. The lowest BCUT2D eigenvalue weighted by Crippen LogP contribution is -2.36. The molecule has 0 saturated heterocycles. The van der Waals surface area contributed by atoms with Crippen LogP contribution < -0.4 is 0 Å². The molecule has 2 aromatic rings. The van der Waals surface area contributed by atoms with Gasteiger partial charge in [0.15, 0.2) is 0 Å². The number of aryl methyl sites for hydroxylation is 1. The second-order valence-corrected chi connectivity index (χ2v) is 6.88. The van der Waals surface area contributed by atoms with Gasteiger partial charge >= 0.3 is 0 Å². The van der Waals surface area contributed by atoms with Crippen LogP contribution in [0, 0.1) is 5.92 Å². The third kappa shape index (κ3) is 3.95. The van der Waals surface area contributed by atoms with Crippen LogP contribution in [0.1, 0.15) is 36.5 Å². The lowest BCUT2D eigenvalue weighted by atomic mass is 10.0. The predicted molar refractivity (Wildman–Crippen MR) is 98.3 cm³/mol. The molecule has 0 aliphatic carbocycles. The zero-order chi connectivity index (χ0) is 17.8. The van der Waals surface area contributed by atoms with Gasteiger partial charge in [-0.2, -0.15) is 5.10 Å². The third-order valence-electron chi connectivity index (χ3n) is 5.27. The van der Waals surface area contributed by atoms with Gasteiger partial charge in [0, 0.05) is 32.5 Å². The van der Waals surface area contributed by atoms with Crippen molar-refractivity contribution in [3.05, 3.63) is 42.0 Å². The van der Waals surface area contributed by atoms with Crippen molar-refractivity contribution in [1.29, 1.82) is 0 Å². The van der Waals surface area contributed by atoms with Crippen molar-refractivity contribution < 1.29 is 4.79 Å². The highest BCUT2D eigenvalue weighted by atomic mass is 16.2. The average Bonchev–Trinajstić information content (AvgIpc) is 3.19. The Balaban J connectivity index is 1.77. The largest absolute Gasteiger partial charge is 0.347 e. The van der Waals surface area contributed by atoms with Crippen LogP contribution in [0.2, 0.25) is 0 Å². The molecule has 25 heavy (non-hydrogen) atoms. The molecule has 1 aliphatic heterocycles. The first-order chi connectivity index (χ1) is 12.1. The van der Waals surface area contributed by atoms with Crippen molar-refractivity contribution in [2.45, 2.75) is 33.4 Å². The normalized spacial score (nSPS) is 17.6. The molecular formula is C19H29N5O. The molecule has 3 rings (SSSR count).